The van der Waals surface area contributed by atoms with Gasteiger partial charge in [0.05, 0.1) is 11.5 Å². The Hall–Kier alpha value is -1.36. The van der Waals surface area contributed by atoms with Gasteiger partial charge in [-0.1, -0.05) is 30.3 Å². The summed E-state index contributed by atoms with van der Waals surface area (Å²) < 4.78 is 22.9. The fourth-order valence-electron chi connectivity index (χ4n) is 3.85. The van der Waals surface area contributed by atoms with Crippen molar-refractivity contribution in [3.8, 4) is 0 Å². The van der Waals surface area contributed by atoms with Gasteiger partial charge in [0.15, 0.2) is 0 Å². The van der Waals surface area contributed by atoms with Gasteiger partial charge in [0.25, 0.3) is 0 Å². The van der Waals surface area contributed by atoms with Crippen molar-refractivity contribution in [3.05, 3.63) is 35.9 Å². The monoisotopic (exact) mass is 349 g/mol. The van der Waals surface area contributed by atoms with E-state index in [1.165, 1.54) is 5.56 Å². The molecule has 0 aromatic heterocycles. The predicted molar refractivity (Wildman–Crippen MR) is 95.4 cm³/mol. The van der Waals surface area contributed by atoms with E-state index in [4.69, 9.17) is 0 Å². The van der Waals surface area contributed by atoms with Crippen molar-refractivity contribution >= 4 is 15.7 Å². The van der Waals surface area contributed by atoms with E-state index in [0.717, 1.165) is 32.4 Å². The fourth-order valence-corrected chi connectivity index (χ4v) is 5.44. The first-order valence-electron chi connectivity index (χ1n) is 9.04. The second kappa shape index (κ2) is 7.68. The minimum absolute atomic E-state index is 0.220. The van der Waals surface area contributed by atoms with E-state index in [2.05, 4.69) is 24.3 Å². The van der Waals surface area contributed by atoms with Crippen molar-refractivity contribution in [1.29, 1.82) is 0 Å². The number of hydrogen-bond acceptors (Lipinski definition) is 3. The molecule has 1 amide bonds. The van der Waals surface area contributed by atoms with Crippen molar-refractivity contribution in [1.82, 2.24) is 4.90 Å². The Bertz CT molecular complexity index is 634. The van der Waals surface area contributed by atoms with Crippen molar-refractivity contribution in [2.75, 3.05) is 24.6 Å². The lowest BCUT2D eigenvalue weighted by molar-refractivity contribution is -0.133. The molecule has 2 saturated heterocycles. The minimum Gasteiger partial charge on any atom is -0.343 e. The first-order valence-corrected chi connectivity index (χ1v) is 10.9. The highest BCUT2D eigenvalue weighted by Crippen LogP contribution is 2.26. The Morgan fingerprint density at radius 1 is 0.958 bits per heavy atom. The Morgan fingerprint density at radius 2 is 1.58 bits per heavy atom. The van der Waals surface area contributed by atoms with Crippen molar-refractivity contribution in [3.63, 3.8) is 0 Å². The number of likely N-dealkylation sites (tertiary alicyclic amines) is 1. The van der Waals surface area contributed by atoms with Crippen LogP contribution < -0.4 is 0 Å². The Kier molecular flexibility index (Phi) is 5.59. The van der Waals surface area contributed by atoms with Gasteiger partial charge in [0, 0.05) is 19.5 Å². The van der Waals surface area contributed by atoms with Crippen LogP contribution in [0, 0.1) is 11.8 Å². The summed E-state index contributed by atoms with van der Waals surface area (Å²) in [6.45, 7) is 1.70. The molecule has 0 atom stereocenters. The number of nitrogens with zero attached hydrogens (tertiary/aromatic N) is 1. The van der Waals surface area contributed by atoms with Crippen LogP contribution in [0.2, 0.25) is 0 Å². The molecular weight excluding hydrogens is 322 g/mol. The van der Waals surface area contributed by atoms with Crippen LogP contribution >= 0.6 is 0 Å². The molecular formula is C19H27NO3S. The predicted octanol–water partition coefficient (Wildman–Crippen LogP) is 2.68. The standard InChI is InChI=1S/C19H27NO3S/c21-19(15-18-8-12-24(22,23)13-9-18)20-10-6-17(7-11-20)14-16-4-2-1-3-5-16/h1-5,17-18H,6-15H2. The molecule has 0 radical (unpaired) electrons. The maximum atomic E-state index is 12.5. The molecule has 2 aliphatic heterocycles. The van der Waals surface area contributed by atoms with Gasteiger partial charge in [-0.05, 0) is 49.5 Å². The van der Waals surface area contributed by atoms with Crippen molar-refractivity contribution in [2.24, 2.45) is 11.8 Å². The molecule has 0 aliphatic carbocycles. The molecule has 0 bridgehead atoms. The molecule has 2 heterocycles. The SMILES string of the molecule is O=C(CC1CCS(=O)(=O)CC1)N1CCC(Cc2ccccc2)CC1. The highest BCUT2D eigenvalue weighted by atomic mass is 32.2. The number of piperidine rings is 1. The fraction of sp³-hybridized carbons (Fsp3) is 0.632. The highest BCUT2D eigenvalue weighted by molar-refractivity contribution is 7.91. The molecule has 5 heteroatoms. The summed E-state index contributed by atoms with van der Waals surface area (Å²) in [5.74, 6) is 1.64. The molecule has 1 aromatic carbocycles. The number of sulfone groups is 1. The molecule has 132 valence electrons. The third-order valence-corrected chi connectivity index (χ3v) is 7.19. The Morgan fingerprint density at radius 3 is 2.21 bits per heavy atom. The average Bonchev–Trinajstić information content (AvgIpc) is 2.58. The largest absolute Gasteiger partial charge is 0.343 e. The molecule has 0 spiro atoms. The van der Waals surface area contributed by atoms with Crippen molar-refractivity contribution in [2.45, 2.75) is 38.5 Å². The van der Waals surface area contributed by atoms with Crippen LogP contribution in [0.5, 0.6) is 0 Å². The Labute approximate surface area is 145 Å². The van der Waals surface area contributed by atoms with Gasteiger partial charge in [-0.25, -0.2) is 8.42 Å². The first-order chi connectivity index (χ1) is 11.5. The number of carbonyl (C=O) groups excluding carboxylic acids is 1. The van der Waals surface area contributed by atoms with Crippen LogP contribution in [0.15, 0.2) is 30.3 Å². The molecule has 0 saturated carbocycles. The molecule has 0 unspecified atom stereocenters. The molecule has 4 nitrogen and oxygen atoms in total. The summed E-state index contributed by atoms with van der Waals surface area (Å²) >= 11 is 0. The second-order valence-corrected chi connectivity index (χ2v) is 9.62. The maximum Gasteiger partial charge on any atom is 0.222 e. The van der Waals surface area contributed by atoms with Gasteiger partial charge in [0.2, 0.25) is 5.91 Å². The topological polar surface area (TPSA) is 54.5 Å². The lowest BCUT2D eigenvalue weighted by Crippen LogP contribution is -2.40. The lowest BCUT2D eigenvalue weighted by Gasteiger charge is -2.33. The lowest BCUT2D eigenvalue weighted by atomic mass is 9.89. The van der Waals surface area contributed by atoms with Crippen LogP contribution in [0.4, 0.5) is 0 Å². The number of rotatable bonds is 4. The zero-order valence-electron chi connectivity index (χ0n) is 14.2. The molecule has 2 fully saturated rings. The third-order valence-electron chi connectivity index (χ3n) is 5.47. The number of benzene rings is 1. The van der Waals surface area contributed by atoms with Gasteiger partial charge in [-0.3, -0.25) is 4.79 Å². The van der Waals surface area contributed by atoms with Crippen LogP contribution in [-0.2, 0) is 21.1 Å². The number of carbonyl (C=O) groups is 1. The molecule has 1 aromatic rings. The summed E-state index contributed by atoms with van der Waals surface area (Å²) in [4.78, 5) is 14.5. The molecule has 24 heavy (non-hydrogen) atoms. The van der Waals surface area contributed by atoms with Gasteiger partial charge in [0.1, 0.15) is 9.84 Å². The van der Waals surface area contributed by atoms with Gasteiger partial charge >= 0.3 is 0 Å². The number of amides is 1. The minimum atomic E-state index is -2.84. The van der Waals surface area contributed by atoms with E-state index in [0.29, 0.717) is 25.2 Å². The summed E-state index contributed by atoms with van der Waals surface area (Å²) in [6, 6.07) is 10.6. The van der Waals surface area contributed by atoms with Crippen molar-refractivity contribution < 1.29 is 13.2 Å². The first kappa shape index (κ1) is 17.5. The quantitative estimate of drug-likeness (QED) is 0.840. The Balaban J connectivity index is 1.42. The molecule has 0 N–H and O–H groups in total. The van der Waals surface area contributed by atoms with E-state index >= 15 is 0 Å². The zero-order chi connectivity index (χ0) is 17.0. The van der Waals surface area contributed by atoms with Crippen LogP contribution in [0.1, 0.15) is 37.7 Å². The average molecular weight is 349 g/mol. The van der Waals surface area contributed by atoms with E-state index in [1.54, 1.807) is 0 Å². The normalized spacial score (nSPS) is 22.4. The highest BCUT2D eigenvalue weighted by Gasteiger charge is 2.28. The van der Waals surface area contributed by atoms with Crippen LogP contribution in [-0.4, -0.2) is 43.8 Å². The number of hydrogen-bond donors (Lipinski definition) is 0. The molecule has 3 rings (SSSR count). The van der Waals surface area contributed by atoms with Gasteiger partial charge in [-0.15, -0.1) is 0 Å². The smallest absolute Gasteiger partial charge is 0.222 e. The van der Waals surface area contributed by atoms with Crippen LogP contribution in [0.3, 0.4) is 0 Å². The summed E-state index contributed by atoms with van der Waals surface area (Å²) in [6.07, 6.45) is 5.07. The van der Waals surface area contributed by atoms with Gasteiger partial charge < -0.3 is 4.90 Å². The van der Waals surface area contributed by atoms with E-state index in [-0.39, 0.29) is 23.3 Å². The zero-order valence-corrected chi connectivity index (χ0v) is 15.0. The second-order valence-electron chi connectivity index (χ2n) is 7.31. The third kappa shape index (κ3) is 4.82. The maximum absolute atomic E-state index is 12.5. The van der Waals surface area contributed by atoms with Gasteiger partial charge in [-0.2, -0.15) is 0 Å². The van der Waals surface area contributed by atoms with E-state index < -0.39 is 9.84 Å². The van der Waals surface area contributed by atoms with E-state index in [1.807, 2.05) is 11.0 Å². The summed E-state index contributed by atoms with van der Waals surface area (Å²) in [5, 5.41) is 0. The van der Waals surface area contributed by atoms with E-state index in [9.17, 15) is 13.2 Å². The summed E-state index contributed by atoms with van der Waals surface area (Å²) in [5.41, 5.74) is 1.38. The molecule has 2 aliphatic rings. The van der Waals surface area contributed by atoms with Crippen LogP contribution in [0.25, 0.3) is 0 Å². The summed E-state index contributed by atoms with van der Waals surface area (Å²) in [7, 11) is -2.84.